The van der Waals surface area contributed by atoms with Crippen molar-refractivity contribution in [2.24, 2.45) is 0 Å². The van der Waals surface area contributed by atoms with Gasteiger partial charge in [-0.1, -0.05) is 47.5 Å². The maximum atomic E-state index is 6.26. The molecule has 3 aromatic carbocycles. The Labute approximate surface area is 189 Å². The highest BCUT2D eigenvalue weighted by atomic mass is 35.5. The average molecular weight is 433 g/mol. The Morgan fingerprint density at radius 1 is 0.871 bits per heavy atom. The maximum absolute atomic E-state index is 6.26. The summed E-state index contributed by atoms with van der Waals surface area (Å²) in [6.45, 7) is 9.92. The van der Waals surface area contributed by atoms with Crippen molar-refractivity contribution in [1.82, 2.24) is 9.55 Å². The fraction of sp³-hybridized carbons (Fsp3) is 0.296. The summed E-state index contributed by atoms with van der Waals surface area (Å²) < 4.78 is 8.34. The van der Waals surface area contributed by atoms with Crippen LogP contribution >= 0.6 is 11.6 Å². The van der Waals surface area contributed by atoms with Crippen LogP contribution in [0.4, 0.5) is 0 Å². The second-order valence-corrected chi connectivity index (χ2v) is 8.70. The molecule has 0 amide bonds. The van der Waals surface area contributed by atoms with E-state index in [4.69, 9.17) is 21.3 Å². The van der Waals surface area contributed by atoms with Crippen LogP contribution in [0.5, 0.6) is 5.75 Å². The van der Waals surface area contributed by atoms with Crippen molar-refractivity contribution in [2.75, 3.05) is 6.61 Å². The smallest absolute Gasteiger partial charge is 0.141 e. The van der Waals surface area contributed by atoms with Crippen LogP contribution in [-0.4, -0.2) is 16.2 Å². The standard InChI is InChI=1S/C27H29ClN2O/c1-18-11-12-23(19(2)15-18)27-29-24-9-5-6-10-25(24)30(27)13-7-8-14-31-22-16-20(3)26(28)21(4)17-22/h5-6,9-12,15-17H,7-8,13-14H2,1-4H3. The number of aryl methyl sites for hydroxylation is 5. The summed E-state index contributed by atoms with van der Waals surface area (Å²) in [7, 11) is 0. The molecule has 4 rings (SSSR count). The molecular formula is C27H29ClN2O. The minimum absolute atomic E-state index is 0.687. The molecule has 0 radical (unpaired) electrons. The van der Waals surface area contributed by atoms with Gasteiger partial charge in [0.25, 0.3) is 0 Å². The van der Waals surface area contributed by atoms with Crippen LogP contribution < -0.4 is 4.74 Å². The predicted molar refractivity (Wildman–Crippen MR) is 130 cm³/mol. The Balaban J connectivity index is 1.48. The van der Waals surface area contributed by atoms with Gasteiger partial charge in [-0.3, -0.25) is 0 Å². The molecular weight excluding hydrogens is 404 g/mol. The summed E-state index contributed by atoms with van der Waals surface area (Å²) in [5.74, 6) is 1.94. The lowest BCUT2D eigenvalue weighted by molar-refractivity contribution is 0.303. The molecule has 0 fully saturated rings. The Bertz CT molecular complexity index is 1200. The van der Waals surface area contributed by atoms with Crippen molar-refractivity contribution in [3.63, 3.8) is 0 Å². The Morgan fingerprint density at radius 2 is 1.61 bits per heavy atom. The van der Waals surface area contributed by atoms with Gasteiger partial charge >= 0.3 is 0 Å². The second kappa shape index (κ2) is 9.15. The van der Waals surface area contributed by atoms with Gasteiger partial charge < -0.3 is 9.30 Å². The summed E-state index contributed by atoms with van der Waals surface area (Å²) in [6, 6.07) is 19.0. The number of rotatable bonds is 7. The summed E-state index contributed by atoms with van der Waals surface area (Å²) >= 11 is 6.26. The SMILES string of the molecule is Cc1ccc(-c2nc3ccccc3n2CCCCOc2cc(C)c(Cl)c(C)c2)c(C)c1. The fourth-order valence-electron chi connectivity index (χ4n) is 4.12. The molecule has 3 nitrogen and oxygen atoms in total. The van der Waals surface area contributed by atoms with Crippen LogP contribution in [0.2, 0.25) is 5.02 Å². The molecule has 160 valence electrons. The van der Waals surface area contributed by atoms with E-state index >= 15 is 0 Å². The number of benzene rings is 3. The molecule has 1 heterocycles. The van der Waals surface area contributed by atoms with Gasteiger partial charge in [-0.25, -0.2) is 4.98 Å². The first-order valence-electron chi connectivity index (χ1n) is 10.9. The van der Waals surface area contributed by atoms with Gasteiger partial charge in [-0.15, -0.1) is 0 Å². The molecule has 0 N–H and O–H groups in total. The Morgan fingerprint density at radius 3 is 2.35 bits per heavy atom. The van der Waals surface area contributed by atoms with Crippen molar-refractivity contribution >= 4 is 22.6 Å². The molecule has 31 heavy (non-hydrogen) atoms. The number of para-hydroxylation sites is 2. The lowest BCUT2D eigenvalue weighted by atomic mass is 10.1. The fourth-order valence-corrected chi connectivity index (χ4v) is 4.23. The number of nitrogens with zero attached hydrogens (tertiary/aromatic N) is 2. The first-order chi connectivity index (χ1) is 14.9. The summed E-state index contributed by atoms with van der Waals surface area (Å²) in [5.41, 5.74) is 8.06. The van der Waals surface area contributed by atoms with E-state index in [1.54, 1.807) is 0 Å². The highest BCUT2D eigenvalue weighted by Crippen LogP contribution is 2.29. The zero-order valence-electron chi connectivity index (χ0n) is 18.7. The number of imidazole rings is 1. The van der Waals surface area contributed by atoms with E-state index in [0.717, 1.165) is 52.6 Å². The van der Waals surface area contributed by atoms with Gasteiger partial charge in [0.15, 0.2) is 0 Å². The van der Waals surface area contributed by atoms with E-state index in [0.29, 0.717) is 6.61 Å². The van der Waals surface area contributed by atoms with E-state index in [1.165, 1.54) is 22.2 Å². The van der Waals surface area contributed by atoms with Crippen LogP contribution in [-0.2, 0) is 6.54 Å². The highest BCUT2D eigenvalue weighted by Gasteiger charge is 2.14. The van der Waals surface area contributed by atoms with E-state index in [1.807, 2.05) is 26.0 Å². The Hall–Kier alpha value is -2.78. The second-order valence-electron chi connectivity index (χ2n) is 8.32. The number of aromatic nitrogens is 2. The monoisotopic (exact) mass is 432 g/mol. The minimum atomic E-state index is 0.687. The third-order valence-corrected chi connectivity index (χ3v) is 6.33. The third kappa shape index (κ3) is 4.62. The van der Waals surface area contributed by atoms with E-state index in [2.05, 4.69) is 60.9 Å². The van der Waals surface area contributed by atoms with Crippen molar-refractivity contribution in [3.05, 3.63) is 81.9 Å². The molecule has 1 aromatic heterocycles. The Kier molecular flexibility index (Phi) is 6.33. The number of hydrogen-bond donors (Lipinski definition) is 0. The first-order valence-corrected chi connectivity index (χ1v) is 11.2. The molecule has 0 saturated heterocycles. The van der Waals surface area contributed by atoms with Crippen molar-refractivity contribution in [2.45, 2.75) is 47.1 Å². The molecule has 0 aliphatic heterocycles. The minimum Gasteiger partial charge on any atom is -0.494 e. The van der Waals surface area contributed by atoms with E-state index in [9.17, 15) is 0 Å². The van der Waals surface area contributed by atoms with Crippen LogP contribution in [0.3, 0.4) is 0 Å². The van der Waals surface area contributed by atoms with E-state index < -0.39 is 0 Å². The number of fused-ring (bicyclic) bond motifs is 1. The van der Waals surface area contributed by atoms with Gasteiger partial charge in [0.05, 0.1) is 17.6 Å². The van der Waals surface area contributed by atoms with Gasteiger partial charge in [0, 0.05) is 17.1 Å². The van der Waals surface area contributed by atoms with Gasteiger partial charge in [0.2, 0.25) is 0 Å². The molecule has 0 atom stereocenters. The molecule has 0 aliphatic rings. The van der Waals surface area contributed by atoms with Gasteiger partial charge in [-0.05, 0) is 81.5 Å². The summed E-state index contributed by atoms with van der Waals surface area (Å²) in [6.07, 6.45) is 1.99. The van der Waals surface area contributed by atoms with Crippen LogP contribution in [0.25, 0.3) is 22.4 Å². The molecule has 4 aromatic rings. The molecule has 0 bridgehead atoms. The predicted octanol–water partition coefficient (Wildman–Crippen LogP) is 7.45. The van der Waals surface area contributed by atoms with Crippen LogP contribution in [0, 0.1) is 27.7 Å². The van der Waals surface area contributed by atoms with Crippen LogP contribution in [0.1, 0.15) is 35.1 Å². The number of halogens is 1. The topological polar surface area (TPSA) is 27.1 Å². The van der Waals surface area contributed by atoms with Crippen molar-refractivity contribution in [1.29, 1.82) is 0 Å². The van der Waals surface area contributed by atoms with E-state index in [-0.39, 0.29) is 0 Å². The lowest BCUT2D eigenvalue weighted by Crippen LogP contribution is -2.05. The van der Waals surface area contributed by atoms with Crippen molar-refractivity contribution in [3.8, 4) is 17.1 Å². The zero-order chi connectivity index (χ0) is 22.0. The summed E-state index contributed by atoms with van der Waals surface area (Å²) in [5, 5.41) is 0.818. The largest absolute Gasteiger partial charge is 0.494 e. The first kappa shape index (κ1) is 21.5. The van der Waals surface area contributed by atoms with Gasteiger partial charge in [0.1, 0.15) is 11.6 Å². The molecule has 0 saturated carbocycles. The molecule has 0 unspecified atom stereocenters. The normalized spacial score (nSPS) is 11.3. The zero-order valence-corrected chi connectivity index (χ0v) is 19.5. The lowest BCUT2D eigenvalue weighted by Gasteiger charge is -2.13. The summed E-state index contributed by atoms with van der Waals surface area (Å²) in [4.78, 5) is 4.97. The quantitative estimate of drug-likeness (QED) is 0.283. The van der Waals surface area contributed by atoms with Crippen molar-refractivity contribution < 1.29 is 4.74 Å². The molecule has 0 aliphatic carbocycles. The number of hydrogen-bond acceptors (Lipinski definition) is 2. The number of ether oxygens (including phenoxy) is 1. The maximum Gasteiger partial charge on any atom is 0.141 e. The van der Waals surface area contributed by atoms with Gasteiger partial charge in [-0.2, -0.15) is 0 Å². The number of unbranched alkanes of at least 4 members (excludes halogenated alkanes) is 1. The van der Waals surface area contributed by atoms with Crippen LogP contribution in [0.15, 0.2) is 54.6 Å². The third-order valence-electron chi connectivity index (χ3n) is 5.73. The molecule has 4 heteroatoms. The average Bonchev–Trinajstić information content (AvgIpc) is 3.10. The molecule has 0 spiro atoms. The highest BCUT2D eigenvalue weighted by molar-refractivity contribution is 6.32.